The van der Waals surface area contributed by atoms with Gasteiger partial charge in [0.2, 0.25) is 0 Å². The molecule has 1 aliphatic carbocycles. The normalized spacial score (nSPS) is 35.1. The molecule has 3 heteroatoms. The third-order valence-corrected chi connectivity index (χ3v) is 3.24. The highest BCUT2D eigenvalue weighted by molar-refractivity contribution is 5.66. The molecule has 1 fully saturated rings. The molecule has 0 heterocycles. The van der Waals surface area contributed by atoms with Gasteiger partial charge in [-0.25, -0.2) is 0 Å². The van der Waals surface area contributed by atoms with Gasteiger partial charge in [-0.3, -0.25) is 4.79 Å². The Balaban J connectivity index is 2.62. The summed E-state index contributed by atoms with van der Waals surface area (Å²) in [6.07, 6.45) is 3.03. The second kappa shape index (κ2) is 4.12. The Morgan fingerprint density at radius 2 is 2.00 bits per heavy atom. The van der Waals surface area contributed by atoms with Crippen molar-refractivity contribution in [2.75, 3.05) is 0 Å². The van der Waals surface area contributed by atoms with Crippen LogP contribution in [-0.4, -0.2) is 21.8 Å². The number of hydrogen-bond acceptors (Lipinski definition) is 2. The molecule has 3 nitrogen and oxygen atoms in total. The largest absolute Gasteiger partial charge is 0.481 e. The molecule has 0 radical (unpaired) electrons. The molecule has 0 aromatic rings. The second-order valence-corrected chi connectivity index (χ2v) is 5.97. The molecule has 0 bridgehead atoms. The molecule has 1 aliphatic rings. The Morgan fingerprint density at radius 1 is 1.40 bits per heavy atom. The molecule has 15 heavy (non-hydrogen) atoms. The molecule has 88 valence electrons. The van der Waals surface area contributed by atoms with Crippen molar-refractivity contribution in [3.05, 3.63) is 0 Å². The van der Waals surface area contributed by atoms with Gasteiger partial charge in [-0.05, 0) is 37.0 Å². The average molecular weight is 214 g/mol. The summed E-state index contributed by atoms with van der Waals surface area (Å²) in [4.78, 5) is 10.5. The van der Waals surface area contributed by atoms with Crippen LogP contribution in [0.4, 0.5) is 0 Å². The van der Waals surface area contributed by atoms with E-state index >= 15 is 0 Å². The molecule has 0 amide bonds. The van der Waals surface area contributed by atoms with Crippen LogP contribution in [0.3, 0.4) is 0 Å². The van der Waals surface area contributed by atoms with Gasteiger partial charge in [0.1, 0.15) is 0 Å². The zero-order chi connectivity index (χ0) is 11.7. The van der Waals surface area contributed by atoms with E-state index in [1.165, 1.54) is 0 Å². The highest BCUT2D eigenvalue weighted by Gasteiger charge is 2.41. The first kappa shape index (κ1) is 12.5. The van der Waals surface area contributed by atoms with Crippen LogP contribution in [0, 0.1) is 11.3 Å². The number of hydrogen-bond donors (Lipinski definition) is 2. The minimum Gasteiger partial charge on any atom is -0.481 e. The molecular formula is C12H22O3. The maximum absolute atomic E-state index is 10.5. The van der Waals surface area contributed by atoms with E-state index in [0.29, 0.717) is 12.3 Å². The quantitative estimate of drug-likeness (QED) is 0.758. The molecule has 0 spiro atoms. The van der Waals surface area contributed by atoms with Crippen molar-refractivity contribution >= 4 is 5.97 Å². The number of carbonyl (C=O) groups is 1. The van der Waals surface area contributed by atoms with E-state index in [-0.39, 0.29) is 11.8 Å². The van der Waals surface area contributed by atoms with E-state index in [9.17, 15) is 9.90 Å². The summed E-state index contributed by atoms with van der Waals surface area (Å²) in [7, 11) is 0. The summed E-state index contributed by atoms with van der Waals surface area (Å²) in [6, 6.07) is 0. The molecule has 2 atom stereocenters. The van der Waals surface area contributed by atoms with Gasteiger partial charge in [0, 0.05) is 6.42 Å². The third-order valence-electron chi connectivity index (χ3n) is 3.24. The first-order chi connectivity index (χ1) is 6.72. The predicted octanol–water partition coefficient (Wildman–Crippen LogP) is 2.43. The van der Waals surface area contributed by atoms with E-state index in [1.807, 2.05) is 0 Å². The standard InChI is InChI=1S/C12H22O3/c1-9-6-11(2,3)8-12(15,7-9)5-4-10(13)14/h9,15H,4-8H2,1-3H3,(H,13,14). The van der Waals surface area contributed by atoms with Gasteiger partial charge < -0.3 is 10.2 Å². The van der Waals surface area contributed by atoms with Crippen LogP contribution in [-0.2, 0) is 4.79 Å². The van der Waals surface area contributed by atoms with E-state index in [1.54, 1.807) is 0 Å². The smallest absolute Gasteiger partial charge is 0.303 e. The lowest BCUT2D eigenvalue weighted by Crippen LogP contribution is -2.42. The van der Waals surface area contributed by atoms with Gasteiger partial charge in [0.25, 0.3) is 0 Å². The first-order valence-electron chi connectivity index (χ1n) is 5.67. The zero-order valence-electron chi connectivity index (χ0n) is 9.92. The number of aliphatic carboxylic acids is 1. The van der Waals surface area contributed by atoms with Crippen LogP contribution < -0.4 is 0 Å². The van der Waals surface area contributed by atoms with Crippen LogP contribution in [0.2, 0.25) is 0 Å². The van der Waals surface area contributed by atoms with E-state index in [2.05, 4.69) is 20.8 Å². The molecule has 1 saturated carbocycles. The highest BCUT2D eigenvalue weighted by Crippen LogP contribution is 2.45. The molecule has 0 saturated heterocycles. The summed E-state index contributed by atoms with van der Waals surface area (Å²) in [5.41, 5.74) is -0.634. The van der Waals surface area contributed by atoms with Crippen LogP contribution in [0.25, 0.3) is 0 Å². The SMILES string of the molecule is CC1CC(C)(C)CC(O)(CCC(=O)O)C1. The Hall–Kier alpha value is -0.570. The van der Waals surface area contributed by atoms with Crippen molar-refractivity contribution in [3.63, 3.8) is 0 Å². The van der Waals surface area contributed by atoms with E-state index in [4.69, 9.17) is 5.11 Å². The molecular weight excluding hydrogens is 192 g/mol. The van der Waals surface area contributed by atoms with Crippen molar-refractivity contribution < 1.29 is 15.0 Å². The van der Waals surface area contributed by atoms with Crippen molar-refractivity contribution in [3.8, 4) is 0 Å². The Kier molecular flexibility index (Phi) is 3.44. The third kappa shape index (κ3) is 3.82. The van der Waals surface area contributed by atoms with Gasteiger partial charge in [-0.2, -0.15) is 0 Å². The average Bonchev–Trinajstić information content (AvgIpc) is 1.96. The topological polar surface area (TPSA) is 57.5 Å². The van der Waals surface area contributed by atoms with Crippen LogP contribution in [0.5, 0.6) is 0 Å². The summed E-state index contributed by atoms with van der Waals surface area (Å²) in [5, 5.41) is 19.0. The maximum atomic E-state index is 10.5. The lowest BCUT2D eigenvalue weighted by atomic mass is 9.64. The minimum absolute atomic E-state index is 0.0687. The van der Waals surface area contributed by atoms with Gasteiger partial charge in [-0.1, -0.05) is 20.8 Å². The van der Waals surface area contributed by atoms with Gasteiger partial charge in [-0.15, -0.1) is 0 Å². The van der Waals surface area contributed by atoms with Crippen molar-refractivity contribution in [2.24, 2.45) is 11.3 Å². The molecule has 2 unspecified atom stereocenters. The summed E-state index contributed by atoms with van der Waals surface area (Å²) in [6.45, 7) is 6.43. The van der Waals surface area contributed by atoms with Crippen LogP contribution >= 0.6 is 0 Å². The maximum Gasteiger partial charge on any atom is 0.303 e. The van der Waals surface area contributed by atoms with Crippen molar-refractivity contribution in [1.29, 1.82) is 0 Å². The van der Waals surface area contributed by atoms with Gasteiger partial charge in [0.15, 0.2) is 0 Å². The molecule has 0 aliphatic heterocycles. The van der Waals surface area contributed by atoms with Crippen molar-refractivity contribution in [1.82, 2.24) is 0 Å². The van der Waals surface area contributed by atoms with Crippen molar-refractivity contribution in [2.45, 2.75) is 58.5 Å². The van der Waals surface area contributed by atoms with E-state index in [0.717, 1.165) is 19.3 Å². The number of rotatable bonds is 3. The van der Waals surface area contributed by atoms with Crippen LogP contribution in [0.15, 0.2) is 0 Å². The van der Waals surface area contributed by atoms with E-state index < -0.39 is 11.6 Å². The molecule has 0 aromatic heterocycles. The fourth-order valence-electron chi connectivity index (χ4n) is 3.23. The second-order valence-electron chi connectivity index (χ2n) is 5.97. The Morgan fingerprint density at radius 3 is 2.47 bits per heavy atom. The van der Waals surface area contributed by atoms with Gasteiger partial charge >= 0.3 is 5.97 Å². The molecule has 0 aromatic carbocycles. The zero-order valence-corrected chi connectivity index (χ0v) is 9.92. The van der Waals surface area contributed by atoms with Gasteiger partial charge in [0.05, 0.1) is 5.60 Å². The Labute approximate surface area is 91.5 Å². The number of carboxylic acid groups (broad SMARTS) is 1. The van der Waals surface area contributed by atoms with Crippen LogP contribution in [0.1, 0.15) is 52.9 Å². The molecule has 1 rings (SSSR count). The summed E-state index contributed by atoms with van der Waals surface area (Å²) < 4.78 is 0. The first-order valence-corrected chi connectivity index (χ1v) is 5.67. The number of carboxylic acids is 1. The predicted molar refractivity (Wildman–Crippen MR) is 58.6 cm³/mol. The summed E-state index contributed by atoms with van der Waals surface area (Å²) in [5.74, 6) is -0.341. The fraction of sp³-hybridized carbons (Fsp3) is 0.917. The lowest BCUT2D eigenvalue weighted by molar-refractivity contribution is -0.140. The lowest BCUT2D eigenvalue weighted by Gasteiger charge is -2.44. The monoisotopic (exact) mass is 214 g/mol. The molecule has 2 N–H and O–H groups in total. The highest BCUT2D eigenvalue weighted by atomic mass is 16.4. The summed E-state index contributed by atoms with van der Waals surface area (Å²) >= 11 is 0. The number of aliphatic hydroxyl groups is 1. The fourth-order valence-corrected chi connectivity index (χ4v) is 3.23. The minimum atomic E-state index is -0.820. The Bertz CT molecular complexity index is 247.